The van der Waals surface area contributed by atoms with Crippen LogP contribution in [0.3, 0.4) is 0 Å². The fourth-order valence-corrected chi connectivity index (χ4v) is 3.03. The van der Waals surface area contributed by atoms with Gasteiger partial charge in [0.25, 0.3) is 0 Å². The predicted molar refractivity (Wildman–Crippen MR) is 79.6 cm³/mol. The first-order valence-corrected chi connectivity index (χ1v) is 7.33. The molecule has 0 aliphatic heterocycles. The van der Waals surface area contributed by atoms with E-state index in [0.717, 1.165) is 28.4 Å². The molecule has 0 spiro atoms. The normalized spacial score (nSPS) is 15.2. The zero-order chi connectivity index (χ0) is 13.9. The van der Waals surface area contributed by atoms with Gasteiger partial charge in [-0.05, 0) is 38.0 Å². The third-order valence-electron chi connectivity index (χ3n) is 3.68. The molecule has 3 aromatic rings. The Morgan fingerprint density at radius 1 is 1.25 bits per heavy atom. The Bertz CT molecular complexity index is 815. The number of nitrogens with zero attached hydrogens (tertiary/aromatic N) is 2. The lowest BCUT2D eigenvalue weighted by Gasteiger charge is -2.03. The highest BCUT2D eigenvalue weighted by Crippen LogP contribution is 2.41. The zero-order valence-electron chi connectivity index (χ0n) is 10.9. The highest BCUT2D eigenvalue weighted by Gasteiger charge is 2.28. The second-order valence-electron chi connectivity index (χ2n) is 5.22. The van der Waals surface area contributed by atoms with Crippen molar-refractivity contribution in [2.75, 3.05) is 0 Å². The van der Waals surface area contributed by atoms with E-state index in [1.54, 1.807) is 6.07 Å². The molecule has 0 atom stereocenters. The number of hydrogen-bond acceptors (Lipinski definition) is 2. The number of fused-ring (bicyclic) bond motifs is 1. The van der Waals surface area contributed by atoms with Crippen molar-refractivity contribution in [2.45, 2.75) is 25.7 Å². The van der Waals surface area contributed by atoms with Crippen LogP contribution in [-0.2, 0) is 0 Å². The Morgan fingerprint density at radius 2 is 2.05 bits per heavy atom. The lowest BCUT2D eigenvalue weighted by atomic mass is 10.1. The number of hydrogen-bond donors (Lipinski definition) is 0. The van der Waals surface area contributed by atoms with Crippen LogP contribution in [0.15, 0.2) is 28.7 Å². The fourth-order valence-electron chi connectivity index (χ4n) is 2.53. The molecule has 0 saturated heterocycles. The Morgan fingerprint density at radius 3 is 2.75 bits per heavy atom. The molecule has 5 heteroatoms. The van der Waals surface area contributed by atoms with E-state index in [0.29, 0.717) is 16.0 Å². The van der Waals surface area contributed by atoms with Crippen molar-refractivity contribution in [3.05, 3.63) is 45.8 Å². The third kappa shape index (κ3) is 1.85. The van der Waals surface area contributed by atoms with Crippen molar-refractivity contribution in [1.82, 2.24) is 9.61 Å². The Balaban J connectivity index is 1.94. The molecule has 20 heavy (non-hydrogen) atoms. The first-order chi connectivity index (χ1) is 9.63. The largest absolute Gasteiger partial charge is 0.441 e. The van der Waals surface area contributed by atoms with Gasteiger partial charge in [-0.3, -0.25) is 0 Å². The molecule has 2 heterocycles. The lowest BCUT2D eigenvalue weighted by Crippen LogP contribution is -1.92. The summed E-state index contributed by atoms with van der Waals surface area (Å²) >= 11 is 12.3. The molecule has 0 N–H and O–H groups in total. The van der Waals surface area contributed by atoms with Crippen LogP contribution in [0.1, 0.15) is 30.2 Å². The highest BCUT2D eigenvalue weighted by atomic mass is 35.5. The van der Waals surface area contributed by atoms with Crippen LogP contribution in [-0.4, -0.2) is 9.61 Å². The van der Waals surface area contributed by atoms with Crippen LogP contribution in [0.2, 0.25) is 10.0 Å². The van der Waals surface area contributed by atoms with Crippen LogP contribution < -0.4 is 0 Å². The summed E-state index contributed by atoms with van der Waals surface area (Å²) in [5.74, 6) is 1.40. The molecular weight excluding hydrogens is 295 g/mol. The number of benzene rings is 1. The van der Waals surface area contributed by atoms with Gasteiger partial charge >= 0.3 is 0 Å². The summed E-state index contributed by atoms with van der Waals surface area (Å²) in [5, 5.41) is 5.89. The van der Waals surface area contributed by atoms with Crippen molar-refractivity contribution in [3.63, 3.8) is 0 Å². The summed E-state index contributed by atoms with van der Waals surface area (Å²) in [6.45, 7) is 1.92. The van der Waals surface area contributed by atoms with Crippen molar-refractivity contribution < 1.29 is 4.42 Å². The second kappa shape index (κ2) is 4.27. The van der Waals surface area contributed by atoms with Gasteiger partial charge in [-0.2, -0.15) is 9.61 Å². The van der Waals surface area contributed by atoms with Gasteiger partial charge in [-0.15, -0.1) is 0 Å². The molecule has 0 bridgehead atoms. The minimum Gasteiger partial charge on any atom is -0.441 e. The number of aromatic nitrogens is 2. The zero-order valence-corrected chi connectivity index (χ0v) is 12.4. The topological polar surface area (TPSA) is 30.4 Å². The smallest absolute Gasteiger partial charge is 0.222 e. The number of rotatable bonds is 2. The summed E-state index contributed by atoms with van der Waals surface area (Å²) < 4.78 is 7.65. The maximum absolute atomic E-state index is 6.31. The molecule has 0 amide bonds. The van der Waals surface area contributed by atoms with Gasteiger partial charge in [0.05, 0.1) is 10.7 Å². The molecule has 3 nitrogen and oxygen atoms in total. The van der Waals surface area contributed by atoms with Gasteiger partial charge < -0.3 is 4.42 Å². The van der Waals surface area contributed by atoms with Crippen LogP contribution in [0.5, 0.6) is 0 Å². The SMILES string of the molecule is Cc1oc2cc(C3CC3)nn2c1-c1ccc(Cl)cc1Cl. The Hall–Kier alpha value is -1.45. The van der Waals surface area contributed by atoms with Crippen LogP contribution in [0.4, 0.5) is 0 Å². The lowest BCUT2D eigenvalue weighted by molar-refractivity contribution is 0.573. The predicted octanol–water partition coefficient (Wildman–Crippen LogP) is 5.09. The minimum atomic E-state index is 0.596. The number of aryl methyl sites for hydroxylation is 1. The van der Waals surface area contributed by atoms with Crippen molar-refractivity contribution in [3.8, 4) is 11.3 Å². The summed E-state index contributed by atoms with van der Waals surface area (Å²) in [6.07, 6.45) is 2.44. The van der Waals surface area contributed by atoms with Gasteiger partial charge in [0.15, 0.2) is 0 Å². The first-order valence-electron chi connectivity index (χ1n) is 6.58. The molecule has 1 aromatic carbocycles. The number of halogens is 2. The van der Waals surface area contributed by atoms with Gasteiger partial charge in [-0.25, -0.2) is 0 Å². The quantitative estimate of drug-likeness (QED) is 0.660. The van der Waals surface area contributed by atoms with E-state index in [1.165, 1.54) is 12.8 Å². The van der Waals surface area contributed by atoms with Gasteiger partial charge in [0, 0.05) is 22.6 Å². The van der Waals surface area contributed by atoms with Crippen molar-refractivity contribution >= 4 is 28.9 Å². The Kier molecular flexibility index (Phi) is 2.63. The van der Waals surface area contributed by atoms with E-state index in [9.17, 15) is 0 Å². The van der Waals surface area contributed by atoms with E-state index in [2.05, 4.69) is 5.10 Å². The summed E-state index contributed by atoms with van der Waals surface area (Å²) in [6, 6.07) is 7.49. The van der Waals surface area contributed by atoms with Crippen LogP contribution in [0.25, 0.3) is 17.0 Å². The monoisotopic (exact) mass is 306 g/mol. The van der Waals surface area contributed by atoms with Gasteiger partial charge in [-0.1, -0.05) is 23.2 Å². The molecule has 1 fully saturated rings. The molecule has 2 aromatic heterocycles. The molecule has 4 rings (SSSR count). The maximum Gasteiger partial charge on any atom is 0.222 e. The molecule has 1 aliphatic rings. The van der Waals surface area contributed by atoms with E-state index < -0.39 is 0 Å². The summed E-state index contributed by atoms with van der Waals surface area (Å²) in [4.78, 5) is 0. The second-order valence-corrected chi connectivity index (χ2v) is 6.07. The average Bonchev–Trinajstić information content (AvgIpc) is 3.09. The average molecular weight is 307 g/mol. The Labute approximate surface area is 126 Å². The highest BCUT2D eigenvalue weighted by molar-refractivity contribution is 6.36. The molecule has 102 valence electrons. The van der Waals surface area contributed by atoms with E-state index in [1.807, 2.05) is 29.6 Å². The fraction of sp³-hybridized carbons (Fsp3) is 0.267. The molecular formula is C15H12Cl2N2O. The minimum absolute atomic E-state index is 0.596. The molecule has 0 unspecified atom stereocenters. The summed E-state index contributed by atoms with van der Waals surface area (Å²) in [5.41, 5.74) is 3.66. The van der Waals surface area contributed by atoms with Gasteiger partial charge in [0.1, 0.15) is 11.5 Å². The van der Waals surface area contributed by atoms with E-state index in [4.69, 9.17) is 27.6 Å². The first kappa shape index (κ1) is 12.3. The van der Waals surface area contributed by atoms with Crippen molar-refractivity contribution in [2.24, 2.45) is 0 Å². The number of oxazole rings is 1. The van der Waals surface area contributed by atoms with Crippen LogP contribution in [0, 0.1) is 6.92 Å². The van der Waals surface area contributed by atoms with Gasteiger partial charge in [0.2, 0.25) is 5.71 Å². The summed E-state index contributed by atoms with van der Waals surface area (Å²) in [7, 11) is 0. The molecule has 0 radical (unpaired) electrons. The van der Waals surface area contributed by atoms with Crippen LogP contribution >= 0.6 is 23.2 Å². The third-order valence-corrected chi connectivity index (χ3v) is 4.23. The standard InChI is InChI=1S/C15H12Cl2N2O/c1-8-15(11-5-4-10(16)6-12(11)17)19-14(20-8)7-13(18-19)9-2-3-9/h4-7,9H,2-3H2,1H3. The molecule has 1 aliphatic carbocycles. The van der Waals surface area contributed by atoms with E-state index >= 15 is 0 Å². The molecule has 1 saturated carbocycles. The van der Waals surface area contributed by atoms with Crippen molar-refractivity contribution in [1.29, 1.82) is 0 Å². The maximum atomic E-state index is 6.31. The van der Waals surface area contributed by atoms with E-state index in [-0.39, 0.29) is 0 Å².